The molecule has 0 aliphatic carbocycles. The van der Waals surface area contributed by atoms with E-state index < -0.39 is 15.9 Å². The number of hydrogen-bond acceptors (Lipinski definition) is 6. The lowest BCUT2D eigenvalue weighted by molar-refractivity contribution is -0.120. The second-order valence-electron chi connectivity index (χ2n) is 6.36. The van der Waals surface area contributed by atoms with Crippen LogP contribution in [0.5, 0.6) is 5.75 Å². The van der Waals surface area contributed by atoms with Gasteiger partial charge in [-0.05, 0) is 37.3 Å². The number of carbonyl (C=O) groups excluding carboxylic acids is 2. The van der Waals surface area contributed by atoms with E-state index in [9.17, 15) is 18.0 Å². The molecule has 10 heteroatoms. The summed E-state index contributed by atoms with van der Waals surface area (Å²) in [4.78, 5) is 23.9. The van der Waals surface area contributed by atoms with E-state index in [1.807, 2.05) is 6.92 Å². The Labute approximate surface area is 175 Å². The molecule has 0 aliphatic heterocycles. The van der Waals surface area contributed by atoms with Crippen LogP contribution >= 0.6 is 0 Å². The fraction of sp³-hybridized carbons (Fsp3) is 0.300. The van der Waals surface area contributed by atoms with Crippen molar-refractivity contribution >= 4 is 27.5 Å². The Balaban J connectivity index is 2.16. The molecule has 0 saturated carbocycles. The minimum atomic E-state index is -4.02. The first-order chi connectivity index (χ1) is 14.3. The molecule has 3 N–H and O–H groups in total. The number of ether oxygens (including phenoxy) is 2. The van der Waals surface area contributed by atoms with Gasteiger partial charge in [-0.2, -0.15) is 0 Å². The predicted molar refractivity (Wildman–Crippen MR) is 112 cm³/mol. The molecule has 2 aromatic carbocycles. The predicted octanol–water partition coefficient (Wildman–Crippen LogP) is 1.30. The third kappa shape index (κ3) is 6.46. The van der Waals surface area contributed by atoms with E-state index in [0.29, 0.717) is 18.8 Å². The molecular formula is C20H25N3O6S. The average Bonchev–Trinajstić information content (AvgIpc) is 2.73. The Morgan fingerprint density at radius 3 is 2.33 bits per heavy atom. The van der Waals surface area contributed by atoms with Crippen molar-refractivity contribution in [2.24, 2.45) is 0 Å². The number of anilines is 1. The molecule has 0 unspecified atom stereocenters. The highest BCUT2D eigenvalue weighted by atomic mass is 32.2. The van der Waals surface area contributed by atoms with Crippen molar-refractivity contribution in [3.63, 3.8) is 0 Å². The lowest BCUT2D eigenvalue weighted by Gasteiger charge is -2.13. The van der Waals surface area contributed by atoms with Crippen molar-refractivity contribution in [2.75, 3.05) is 38.6 Å². The second-order valence-corrected chi connectivity index (χ2v) is 8.01. The van der Waals surface area contributed by atoms with E-state index in [-0.39, 0.29) is 28.7 Å². The maximum absolute atomic E-state index is 12.9. The number of aryl methyl sites for hydroxylation is 1. The number of rotatable bonds is 10. The Morgan fingerprint density at radius 2 is 1.70 bits per heavy atom. The monoisotopic (exact) mass is 435 g/mol. The third-order valence-electron chi connectivity index (χ3n) is 4.06. The zero-order valence-corrected chi connectivity index (χ0v) is 17.8. The van der Waals surface area contributed by atoms with Crippen LogP contribution in [0.1, 0.15) is 15.9 Å². The van der Waals surface area contributed by atoms with E-state index in [4.69, 9.17) is 9.47 Å². The molecule has 0 aromatic heterocycles. The quantitative estimate of drug-likeness (QED) is 0.484. The first-order valence-corrected chi connectivity index (χ1v) is 10.6. The van der Waals surface area contributed by atoms with Crippen LogP contribution in [0.25, 0.3) is 0 Å². The summed E-state index contributed by atoms with van der Waals surface area (Å²) in [6.45, 7) is 2.31. The highest BCUT2D eigenvalue weighted by molar-refractivity contribution is 7.92. The van der Waals surface area contributed by atoms with E-state index in [1.165, 1.54) is 32.4 Å². The molecule has 0 aliphatic rings. The van der Waals surface area contributed by atoms with Gasteiger partial charge in [0.25, 0.3) is 15.9 Å². The van der Waals surface area contributed by atoms with Gasteiger partial charge in [0, 0.05) is 24.9 Å². The van der Waals surface area contributed by atoms with Crippen LogP contribution in [0.15, 0.2) is 47.4 Å². The molecule has 30 heavy (non-hydrogen) atoms. The van der Waals surface area contributed by atoms with Crippen molar-refractivity contribution in [3.05, 3.63) is 53.6 Å². The van der Waals surface area contributed by atoms with Crippen molar-refractivity contribution in [1.82, 2.24) is 10.6 Å². The summed E-state index contributed by atoms with van der Waals surface area (Å²) < 4.78 is 38.2. The van der Waals surface area contributed by atoms with Crippen LogP contribution in [0.3, 0.4) is 0 Å². The maximum atomic E-state index is 12.9. The zero-order valence-electron chi connectivity index (χ0n) is 17.0. The molecule has 0 spiro atoms. The summed E-state index contributed by atoms with van der Waals surface area (Å²) in [7, 11) is -1.17. The molecule has 2 amide bonds. The summed E-state index contributed by atoms with van der Waals surface area (Å²) in [5, 5.41) is 5.02. The lowest BCUT2D eigenvalue weighted by atomic mass is 10.2. The van der Waals surface area contributed by atoms with E-state index in [2.05, 4.69) is 15.4 Å². The number of carbonyl (C=O) groups is 2. The van der Waals surface area contributed by atoms with Crippen molar-refractivity contribution in [3.8, 4) is 5.75 Å². The van der Waals surface area contributed by atoms with Crippen LogP contribution in [-0.4, -0.2) is 54.1 Å². The molecule has 0 saturated heterocycles. The van der Waals surface area contributed by atoms with E-state index >= 15 is 0 Å². The number of nitrogens with one attached hydrogen (secondary N) is 3. The summed E-state index contributed by atoms with van der Waals surface area (Å²) in [6.07, 6.45) is 0. The Hall–Kier alpha value is -3.11. The molecule has 0 bridgehead atoms. The van der Waals surface area contributed by atoms with E-state index in [0.717, 1.165) is 5.56 Å². The SMILES string of the molecule is COCCNC(=O)CNC(=O)c1ccc(OC)c(S(=O)(=O)Nc2ccc(C)cc2)c1. The van der Waals surface area contributed by atoms with Crippen LogP contribution in [-0.2, 0) is 19.6 Å². The number of hydrogen-bond donors (Lipinski definition) is 3. The molecule has 2 aromatic rings. The van der Waals surface area contributed by atoms with E-state index in [1.54, 1.807) is 24.3 Å². The fourth-order valence-electron chi connectivity index (χ4n) is 2.48. The summed E-state index contributed by atoms with van der Waals surface area (Å²) in [5.74, 6) is -0.891. The molecule has 0 heterocycles. The first-order valence-electron chi connectivity index (χ1n) is 9.08. The molecular weight excluding hydrogens is 410 g/mol. The lowest BCUT2D eigenvalue weighted by Crippen LogP contribution is -2.38. The van der Waals surface area contributed by atoms with Gasteiger partial charge >= 0.3 is 0 Å². The topological polar surface area (TPSA) is 123 Å². The van der Waals surface area contributed by atoms with Gasteiger partial charge in [-0.1, -0.05) is 17.7 Å². The smallest absolute Gasteiger partial charge is 0.265 e. The zero-order chi connectivity index (χ0) is 22.1. The van der Waals surface area contributed by atoms with Crippen molar-refractivity contribution < 1.29 is 27.5 Å². The highest BCUT2D eigenvalue weighted by Gasteiger charge is 2.22. The van der Waals surface area contributed by atoms with Gasteiger partial charge in [0.2, 0.25) is 5.91 Å². The van der Waals surface area contributed by atoms with Gasteiger partial charge in [-0.3, -0.25) is 14.3 Å². The Bertz CT molecular complexity index is 990. The molecule has 0 radical (unpaired) electrons. The minimum Gasteiger partial charge on any atom is -0.495 e. The largest absolute Gasteiger partial charge is 0.495 e. The van der Waals surface area contributed by atoms with Crippen molar-refractivity contribution in [1.29, 1.82) is 0 Å². The molecule has 9 nitrogen and oxygen atoms in total. The normalized spacial score (nSPS) is 10.9. The van der Waals surface area contributed by atoms with Gasteiger partial charge in [-0.25, -0.2) is 8.42 Å². The maximum Gasteiger partial charge on any atom is 0.265 e. The first kappa shape index (κ1) is 23.2. The second kappa shape index (κ2) is 10.6. The molecule has 0 fully saturated rings. The summed E-state index contributed by atoms with van der Waals surface area (Å²) in [6, 6.07) is 10.8. The summed E-state index contributed by atoms with van der Waals surface area (Å²) in [5.41, 5.74) is 1.44. The van der Waals surface area contributed by atoms with Crippen LogP contribution < -0.4 is 20.1 Å². The molecule has 0 atom stereocenters. The van der Waals surface area contributed by atoms with Gasteiger partial charge < -0.3 is 20.1 Å². The molecule has 162 valence electrons. The number of methoxy groups -OCH3 is 2. The average molecular weight is 436 g/mol. The fourth-order valence-corrected chi connectivity index (χ4v) is 3.73. The Kier molecular flexibility index (Phi) is 8.19. The highest BCUT2D eigenvalue weighted by Crippen LogP contribution is 2.27. The third-order valence-corrected chi connectivity index (χ3v) is 5.46. The van der Waals surface area contributed by atoms with Gasteiger partial charge in [-0.15, -0.1) is 0 Å². The van der Waals surface area contributed by atoms with Crippen molar-refractivity contribution in [2.45, 2.75) is 11.8 Å². The Morgan fingerprint density at radius 1 is 1.00 bits per heavy atom. The summed E-state index contributed by atoms with van der Waals surface area (Å²) >= 11 is 0. The number of sulfonamides is 1. The van der Waals surface area contributed by atoms with Gasteiger partial charge in [0.15, 0.2) is 0 Å². The van der Waals surface area contributed by atoms with Gasteiger partial charge in [0.05, 0.1) is 20.3 Å². The van der Waals surface area contributed by atoms with Crippen LogP contribution in [0, 0.1) is 6.92 Å². The van der Waals surface area contributed by atoms with Crippen LogP contribution in [0.2, 0.25) is 0 Å². The standard InChI is InChI=1S/C20H25N3O6S/c1-14-4-7-16(8-5-14)23-30(26,27)18-12-15(6-9-17(18)29-3)20(25)22-13-19(24)21-10-11-28-2/h4-9,12,23H,10-11,13H2,1-3H3,(H,21,24)(H,22,25). The minimum absolute atomic E-state index is 0.0739. The number of benzene rings is 2. The van der Waals surface area contributed by atoms with Gasteiger partial charge in [0.1, 0.15) is 10.6 Å². The number of amides is 2. The van der Waals surface area contributed by atoms with Crippen LogP contribution in [0.4, 0.5) is 5.69 Å². The molecule has 2 rings (SSSR count).